The Morgan fingerprint density at radius 2 is 1.78 bits per heavy atom. The smallest absolute Gasteiger partial charge is 0.446 e. The van der Waals surface area contributed by atoms with Gasteiger partial charge in [-0.15, -0.1) is 0 Å². The first-order chi connectivity index (χ1) is 23.6. The average Bonchev–Trinajstić information content (AvgIpc) is 3.42. The van der Waals surface area contributed by atoms with Gasteiger partial charge in [-0.05, 0) is 38.1 Å². The van der Waals surface area contributed by atoms with E-state index in [0.717, 1.165) is 18.1 Å². The molecule has 50 heavy (non-hydrogen) atoms. The number of ether oxygens (including phenoxy) is 4. The van der Waals surface area contributed by atoms with E-state index in [1.54, 1.807) is 30.3 Å². The highest BCUT2D eigenvalue weighted by molar-refractivity contribution is 5.87. The largest absolute Gasteiger partial charge is 0.481 e. The molecule has 0 aromatic heterocycles. The Hall–Kier alpha value is -4.80. The molecular formula is C34H34F3NO12. The molecule has 16 heteroatoms. The van der Waals surface area contributed by atoms with Crippen molar-refractivity contribution in [1.29, 1.82) is 0 Å². The van der Waals surface area contributed by atoms with Gasteiger partial charge in [-0.2, -0.15) is 13.2 Å². The number of aliphatic carboxylic acids is 1. The normalized spacial score (nSPS) is 25.6. The lowest BCUT2D eigenvalue weighted by atomic mass is 9.50. The number of carbonyl (C=O) groups excluding carboxylic acids is 4. The number of aliphatic hydroxyl groups is 2. The number of piperidine rings is 1. The van der Waals surface area contributed by atoms with Crippen molar-refractivity contribution in [2.75, 3.05) is 13.6 Å². The molecule has 2 bridgehead atoms. The molecule has 6 rings (SSSR count). The third-order valence-electron chi connectivity index (χ3n) is 9.46. The number of rotatable bonds is 9. The fourth-order valence-corrected chi connectivity index (χ4v) is 7.41. The third kappa shape index (κ3) is 6.57. The van der Waals surface area contributed by atoms with E-state index in [0.29, 0.717) is 30.7 Å². The first-order valence-electron chi connectivity index (χ1n) is 15.5. The van der Waals surface area contributed by atoms with Gasteiger partial charge in [0.2, 0.25) is 18.5 Å². The Labute approximate surface area is 283 Å². The number of alkyl halides is 3. The zero-order valence-corrected chi connectivity index (χ0v) is 26.8. The zero-order valence-electron chi connectivity index (χ0n) is 26.8. The van der Waals surface area contributed by atoms with Gasteiger partial charge in [0.05, 0.1) is 24.0 Å². The van der Waals surface area contributed by atoms with Crippen LogP contribution in [0.5, 0.6) is 5.75 Å². The molecule has 0 amide bonds. The molecule has 268 valence electrons. The van der Waals surface area contributed by atoms with E-state index in [1.165, 1.54) is 12.1 Å². The lowest BCUT2D eigenvalue weighted by molar-refractivity contribution is -0.183. The summed E-state index contributed by atoms with van der Waals surface area (Å²) >= 11 is 0. The molecule has 0 unspecified atom stereocenters. The lowest BCUT2D eigenvalue weighted by Crippen LogP contribution is -2.74. The molecule has 2 heterocycles. The maximum atomic E-state index is 13.8. The van der Waals surface area contributed by atoms with Gasteiger partial charge < -0.3 is 39.2 Å². The summed E-state index contributed by atoms with van der Waals surface area (Å²) in [6.45, 7) is 1.40. The highest BCUT2D eigenvalue weighted by Crippen LogP contribution is 2.64. The highest BCUT2D eigenvalue weighted by Gasteiger charge is 2.72. The van der Waals surface area contributed by atoms with Crippen LogP contribution in [-0.2, 0) is 56.6 Å². The van der Waals surface area contributed by atoms with Crippen LogP contribution in [0.25, 0.3) is 0 Å². The van der Waals surface area contributed by atoms with Gasteiger partial charge in [0, 0.05) is 36.1 Å². The van der Waals surface area contributed by atoms with Crippen molar-refractivity contribution < 1.29 is 71.4 Å². The average molecular weight is 706 g/mol. The summed E-state index contributed by atoms with van der Waals surface area (Å²) in [6.07, 6.45) is -8.01. The predicted molar refractivity (Wildman–Crippen MR) is 162 cm³/mol. The van der Waals surface area contributed by atoms with Gasteiger partial charge >= 0.3 is 30.1 Å². The van der Waals surface area contributed by atoms with Gasteiger partial charge in [-0.25, -0.2) is 9.59 Å². The van der Waals surface area contributed by atoms with E-state index in [1.807, 2.05) is 13.1 Å². The second-order valence-electron chi connectivity index (χ2n) is 12.4. The number of hydrogen-bond acceptors (Lipinski definition) is 12. The quantitative estimate of drug-likeness (QED) is 0.197. The SMILES string of the molecule is CC(=O)O[C@@H](CC(=O)O)C(=O)O[C@H](C(=O)OC1=CC[C@@]2(O)[C@H]3Cc4ccc(CO)c5c4[C@@]2(CCN3C)[C@H]1O5)c1ccccc1.O=CC(F)(F)F. The van der Waals surface area contributed by atoms with Crippen molar-refractivity contribution in [3.05, 3.63) is 76.6 Å². The van der Waals surface area contributed by atoms with Crippen molar-refractivity contribution >= 4 is 30.2 Å². The van der Waals surface area contributed by atoms with Gasteiger partial charge in [-0.1, -0.05) is 42.5 Å². The summed E-state index contributed by atoms with van der Waals surface area (Å²) in [5, 5.41) is 31.7. The minimum Gasteiger partial charge on any atom is -0.481 e. The third-order valence-corrected chi connectivity index (χ3v) is 9.46. The Morgan fingerprint density at radius 1 is 1.10 bits per heavy atom. The fourth-order valence-electron chi connectivity index (χ4n) is 7.41. The van der Waals surface area contributed by atoms with Crippen molar-refractivity contribution in [2.24, 2.45) is 0 Å². The Kier molecular flexibility index (Phi) is 10.1. The topological polar surface area (TPSA) is 186 Å². The van der Waals surface area contributed by atoms with Crippen LogP contribution in [0.15, 0.2) is 54.3 Å². The number of likely N-dealkylation sites (tertiary alicyclic amines) is 1. The summed E-state index contributed by atoms with van der Waals surface area (Å²) < 4.78 is 54.0. The molecule has 2 aromatic rings. The van der Waals surface area contributed by atoms with Crippen LogP contribution in [0.1, 0.15) is 54.5 Å². The number of carboxylic acids is 1. The number of likely N-dealkylation sites (N-methyl/N-ethyl adjacent to an activating group) is 1. The molecule has 1 saturated heterocycles. The van der Waals surface area contributed by atoms with Gasteiger partial charge in [-0.3, -0.25) is 14.4 Å². The van der Waals surface area contributed by atoms with Crippen molar-refractivity contribution in [3.8, 4) is 5.75 Å². The van der Waals surface area contributed by atoms with Crippen LogP contribution in [0.4, 0.5) is 13.2 Å². The minimum absolute atomic E-state index is 0.134. The second kappa shape index (κ2) is 13.8. The number of esters is 3. The fraction of sp³-hybridized carbons (Fsp3) is 0.441. The van der Waals surface area contributed by atoms with Crippen molar-refractivity contribution in [3.63, 3.8) is 0 Å². The monoisotopic (exact) mass is 705 g/mol. The van der Waals surface area contributed by atoms with Crippen LogP contribution in [-0.4, -0.2) is 94.0 Å². The summed E-state index contributed by atoms with van der Waals surface area (Å²) in [5.74, 6) is -3.91. The Balaban J connectivity index is 0.000000745. The van der Waals surface area contributed by atoms with Crippen LogP contribution in [0.2, 0.25) is 0 Å². The highest BCUT2D eigenvalue weighted by atomic mass is 19.4. The van der Waals surface area contributed by atoms with Gasteiger partial charge in [0.15, 0.2) is 6.10 Å². The second-order valence-corrected chi connectivity index (χ2v) is 12.4. The summed E-state index contributed by atoms with van der Waals surface area (Å²) in [5.41, 5.74) is 0.428. The molecule has 2 aliphatic heterocycles. The molecule has 0 radical (unpaired) electrons. The van der Waals surface area contributed by atoms with E-state index in [9.17, 15) is 47.7 Å². The molecule has 0 saturated carbocycles. The zero-order chi connectivity index (χ0) is 36.6. The molecule has 4 aliphatic rings. The maximum absolute atomic E-state index is 13.8. The van der Waals surface area contributed by atoms with Gasteiger partial charge in [0.25, 0.3) is 0 Å². The van der Waals surface area contributed by atoms with Crippen molar-refractivity contribution in [1.82, 2.24) is 4.90 Å². The van der Waals surface area contributed by atoms with Crippen LogP contribution >= 0.6 is 0 Å². The summed E-state index contributed by atoms with van der Waals surface area (Å²) in [4.78, 5) is 60.6. The number of benzene rings is 2. The van der Waals surface area contributed by atoms with Crippen LogP contribution in [0, 0.1) is 0 Å². The molecule has 1 fully saturated rings. The lowest BCUT2D eigenvalue weighted by Gasteiger charge is -2.61. The van der Waals surface area contributed by atoms with Gasteiger partial charge in [0.1, 0.15) is 11.5 Å². The van der Waals surface area contributed by atoms with Crippen LogP contribution < -0.4 is 4.74 Å². The molecule has 1 spiro atoms. The molecule has 2 aromatic carbocycles. The van der Waals surface area contributed by atoms with Crippen LogP contribution in [0.3, 0.4) is 0 Å². The van der Waals surface area contributed by atoms with Crippen molar-refractivity contribution in [2.45, 2.75) is 80.8 Å². The minimum atomic E-state index is -4.64. The van der Waals surface area contributed by atoms with E-state index in [2.05, 4.69) is 4.90 Å². The molecule has 3 N–H and O–H groups in total. The predicted octanol–water partition coefficient (Wildman–Crippen LogP) is 2.44. The van der Waals surface area contributed by atoms with E-state index >= 15 is 0 Å². The maximum Gasteiger partial charge on any atom is 0.446 e. The van der Waals surface area contributed by atoms with E-state index < -0.39 is 72.1 Å². The number of carboxylic acid groups (broad SMARTS) is 1. The number of aldehydes is 1. The Morgan fingerprint density at radius 3 is 2.38 bits per heavy atom. The molecule has 2 aliphatic carbocycles. The number of halogens is 3. The standard InChI is InChI=1S/C32H33NO11.C2HF3O/c1-17(35)41-22(15-24(36)37)29(38)44-27(18-6-4-3-5-7-18)30(39)42-21-10-11-32(40)23-14-19-8-9-20(16-34)26-25(19)31(32,28(21)43-26)12-13-33(23)2;3-2(4,5)1-6/h3-10,22-23,27-28,34,40H,11-16H2,1-2H3,(H,36,37);1H/t22-,23+,27-,28-,31-,32+;/m0./s1. The first-order valence-corrected chi connectivity index (χ1v) is 15.5. The van der Waals surface area contributed by atoms with E-state index in [-0.39, 0.29) is 30.4 Å². The molecular weight excluding hydrogens is 671 g/mol. The number of nitrogens with zero attached hydrogens (tertiary/aromatic N) is 1. The number of carbonyl (C=O) groups is 5. The van der Waals surface area contributed by atoms with E-state index in [4.69, 9.17) is 23.7 Å². The summed E-state index contributed by atoms with van der Waals surface area (Å²) in [6, 6.07) is 11.6. The Bertz CT molecular complexity index is 1700. The molecule has 6 atom stereocenters. The number of aliphatic hydroxyl groups excluding tert-OH is 1. The first kappa shape index (κ1) is 36.5. The number of hydrogen-bond donors (Lipinski definition) is 3. The molecule has 13 nitrogen and oxygen atoms in total. The summed E-state index contributed by atoms with van der Waals surface area (Å²) in [7, 11) is 1.97.